The number of rotatable bonds is 6. The van der Waals surface area contributed by atoms with Crippen LogP contribution in [0.1, 0.15) is 45.4 Å². The molecule has 0 saturated carbocycles. The third kappa shape index (κ3) is 60.3. The van der Waals surface area contributed by atoms with Crippen LogP contribution in [0.2, 0.25) is 0 Å². The number of aliphatic hydroxyl groups is 3. The van der Waals surface area contributed by atoms with Crippen LogP contribution in [0.4, 0.5) is 0 Å². The van der Waals surface area contributed by atoms with Gasteiger partial charge < -0.3 is 27.9 Å². The van der Waals surface area contributed by atoms with Crippen molar-refractivity contribution in [1.82, 2.24) is 0 Å². The van der Waals surface area contributed by atoms with E-state index in [4.69, 9.17) is 15.3 Å². The molecule has 0 bridgehead atoms. The Hall–Kier alpha value is 0.944. The quantitative estimate of drug-likeness (QED) is 0.262. The molecule has 3 N–H and O–H groups in total. The zero-order valence-electron chi connectivity index (χ0n) is 11.1. The van der Waals surface area contributed by atoms with Crippen LogP contribution < -0.4 is 0 Å². The fraction of sp³-hybridized carbons (Fsp3) is 0.909. The molecule has 0 radical (unpaired) electrons. The second-order valence-electron chi connectivity index (χ2n) is 2.39. The van der Waals surface area contributed by atoms with Crippen molar-refractivity contribution in [2.24, 2.45) is 0 Å². The summed E-state index contributed by atoms with van der Waals surface area (Å²) in [7, 11) is 3.00. The number of unbranched alkanes of at least 4 members (excludes halogenated alkanes) is 5. The summed E-state index contributed by atoms with van der Waals surface area (Å²) < 4.78 is 0. The van der Waals surface area contributed by atoms with Crippen molar-refractivity contribution >= 4 is 12.6 Å². The maximum Gasteiger partial charge on any atom is 0.0319 e. The van der Waals surface area contributed by atoms with Crippen molar-refractivity contribution in [3.8, 4) is 0 Å². The molecule has 0 aromatic carbocycles. The third-order valence-electron chi connectivity index (χ3n) is 1.44. The minimum atomic E-state index is 0. The Bertz CT molecular complexity index is 54.5. The van der Waals surface area contributed by atoms with E-state index in [0.717, 1.165) is 21.3 Å². The van der Waals surface area contributed by atoms with Gasteiger partial charge in [0.15, 0.2) is 0 Å². The Balaban J connectivity index is -0.0000000498. The van der Waals surface area contributed by atoms with E-state index < -0.39 is 0 Å². The monoisotopic (exact) mass is 289 g/mol. The van der Waals surface area contributed by atoms with Crippen LogP contribution in [0.25, 0.3) is 0 Å². The van der Waals surface area contributed by atoms with Crippen LogP contribution in [0.15, 0.2) is 0 Å². The van der Waals surface area contributed by atoms with Gasteiger partial charge in [-0.1, -0.05) is 39.0 Å². The fourth-order valence-electron chi connectivity index (χ4n) is 0.839. The third-order valence-corrected chi connectivity index (χ3v) is 1.69. The summed E-state index contributed by atoms with van der Waals surface area (Å²) in [6.45, 7) is 2.24. The van der Waals surface area contributed by atoms with Crippen molar-refractivity contribution < 1.29 is 37.0 Å². The summed E-state index contributed by atoms with van der Waals surface area (Å²) in [5.41, 5.74) is 0. The summed E-state index contributed by atoms with van der Waals surface area (Å²) >= 11 is 4.02. The second kappa shape index (κ2) is 56.4. The molecule has 0 aromatic rings. The molecule has 102 valence electrons. The molecule has 0 aliphatic rings. The maximum atomic E-state index is 7.00. The van der Waals surface area contributed by atoms with Gasteiger partial charge in [-0.3, -0.25) is 5.75 Å². The second-order valence-corrected chi connectivity index (χ2v) is 2.75. The van der Waals surface area contributed by atoms with Crippen LogP contribution in [0, 0.1) is 5.75 Å². The molecule has 0 amide bonds. The van der Waals surface area contributed by atoms with E-state index in [9.17, 15) is 0 Å². The van der Waals surface area contributed by atoms with Gasteiger partial charge in [0.05, 0.1) is 0 Å². The SMILES string of the molecule is CCCCCCC[CH-]S.CO.CO.CO.[Ti]. The van der Waals surface area contributed by atoms with Crippen molar-refractivity contribution in [2.75, 3.05) is 21.3 Å². The molecule has 16 heavy (non-hydrogen) atoms. The molecule has 0 saturated heterocycles. The maximum absolute atomic E-state index is 7.00. The largest absolute Gasteiger partial charge is 0.400 e. The van der Waals surface area contributed by atoms with E-state index >= 15 is 0 Å². The summed E-state index contributed by atoms with van der Waals surface area (Å²) in [6, 6.07) is 0. The summed E-state index contributed by atoms with van der Waals surface area (Å²) in [5, 5.41) is 21.0. The molecule has 0 aliphatic heterocycles. The van der Waals surface area contributed by atoms with Gasteiger partial charge in [0.25, 0.3) is 0 Å². The minimum absolute atomic E-state index is 0. The van der Waals surface area contributed by atoms with Crippen molar-refractivity contribution in [3.05, 3.63) is 5.75 Å². The van der Waals surface area contributed by atoms with Gasteiger partial charge in [0.1, 0.15) is 0 Å². The summed E-state index contributed by atoms with van der Waals surface area (Å²) in [4.78, 5) is 0. The van der Waals surface area contributed by atoms with Crippen molar-refractivity contribution in [2.45, 2.75) is 45.4 Å². The van der Waals surface area contributed by atoms with Crippen LogP contribution >= 0.6 is 12.6 Å². The molecule has 0 fully saturated rings. The van der Waals surface area contributed by atoms with Gasteiger partial charge in [-0.2, -0.15) is 6.42 Å². The average molecular weight is 289 g/mol. The van der Waals surface area contributed by atoms with Crippen LogP contribution in [-0.4, -0.2) is 36.6 Å². The molecule has 0 spiro atoms. The molecule has 0 atom stereocenters. The fourth-order valence-corrected chi connectivity index (χ4v) is 1.02. The van der Waals surface area contributed by atoms with Crippen LogP contribution in [0.3, 0.4) is 0 Å². The predicted octanol–water partition coefficient (Wildman–Crippen LogP) is 2.26. The zero-order chi connectivity index (χ0) is 12.9. The van der Waals surface area contributed by atoms with Gasteiger partial charge in [0.2, 0.25) is 0 Å². The van der Waals surface area contributed by atoms with Gasteiger partial charge in [-0.05, 0) is 0 Å². The van der Waals surface area contributed by atoms with E-state index in [0.29, 0.717) is 0 Å². The van der Waals surface area contributed by atoms with Gasteiger partial charge in [-0.15, -0.1) is 0 Å². The molecule has 0 aliphatic carbocycles. The Morgan fingerprint density at radius 2 is 1.19 bits per heavy atom. The van der Waals surface area contributed by atoms with Crippen molar-refractivity contribution in [1.29, 1.82) is 0 Å². The number of hydrogen-bond donors (Lipinski definition) is 4. The summed E-state index contributed by atoms with van der Waals surface area (Å²) in [6.07, 6.45) is 8.01. The smallest absolute Gasteiger partial charge is 0.0319 e. The Labute approximate surface area is 122 Å². The standard InChI is InChI=1S/C8H17S.3CH4O.Ti/c1-2-3-4-5-6-7-8-9;3*1-2;/h8-9H,2-7H2,1H3;3*2H,1H3;/q-1;;;;. The molecule has 3 nitrogen and oxygen atoms in total. The molecule has 0 rings (SSSR count). The predicted molar refractivity (Wildman–Crippen MR) is 71.1 cm³/mol. The molecule has 0 heterocycles. The number of aliphatic hydroxyl groups excluding tert-OH is 3. The average Bonchev–Trinajstić information content (AvgIpc) is 2.37. The van der Waals surface area contributed by atoms with Crippen molar-refractivity contribution in [3.63, 3.8) is 0 Å². The first-order chi connectivity index (χ1) is 7.41. The first kappa shape index (κ1) is 30.2. The normalized spacial score (nSPS) is 6.75. The zero-order valence-corrected chi connectivity index (χ0v) is 13.6. The topological polar surface area (TPSA) is 60.7 Å². The Kier molecular flexibility index (Phi) is 106. The molecule has 0 aromatic heterocycles. The molecular weight excluding hydrogens is 260 g/mol. The number of hydrogen-bond acceptors (Lipinski definition) is 4. The van der Waals surface area contributed by atoms with Gasteiger partial charge in [-0.25, -0.2) is 0 Å². The van der Waals surface area contributed by atoms with E-state index in [2.05, 4.69) is 19.6 Å². The Morgan fingerprint density at radius 1 is 0.812 bits per heavy atom. The van der Waals surface area contributed by atoms with Crippen LogP contribution in [-0.2, 0) is 21.7 Å². The van der Waals surface area contributed by atoms with E-state index in [1.165, 1.54) is 38.5 Å². The minimum Gasteiger partial charge on any atom is -0.400 e. The number of thiol groups is 1. The first-order valence-electron chi connectivity index (χ1n) is 5.22. The van der Waals surface area contributed by atoms with Crippen LogP contribution in [0.5, 0.6) is 0 Å². The van der Waals surface area contributed by atoms with Gasteiger partial charge in [0, 0.05) is 43.0 Å². The Morgan fingerprint density at radius 3 is 1.50 bits per heavy atom. The molecule has 0 unspecified atom stereocenters. The van der Waals surface area contributed by atoms with Gasteiger partial charge >= 0.3 is 0 Å². The molecule has 5 heteroatoms. The van der Waals surface area contributed by atoms with E-state index in [-0.39, 0.29) is 21.7 Å². The first-order valence-corrected chi connectivity index (χ1v) is 5.73. The molecular formula is C11H29O3STi-. The summed E-state index contributed by atoms with van der Waals surface area (Å²) in [5.74, 6) is 1.95. The van der Waals surface area contributed by atoms with E-state index in [1.54, 1.807) is 0 Å². The van der Waals surface area contributed by atoms with E-state index in [1.807, 2.05) is 5.75 Å².